The third-order valence-electron chi connectivity index (χ3n) is 5.87. The Morgan fingerprint density at radius 3 is 2.45 bits per heavy atom. The summed E-state index contributed by atoms with van der Waals surface area (Å²) in [5.41, 5.74) is 6.66. The number of unbranched alkanes of at least 4 members (excludes halogenated alkanes) is 1. The lowest BCUT2D eigenvalue weighted by Gasteiger charge is -2.28. The number of likely N-dealkylation sites (tertiary alicyclic amines) is 1. The minimum absolute atomic E-state index is 0.0295. The van der Waals surface area contributed by atoms with E-state index in [2.05, 4.69) is 6.92 Å². The summed E-state index contributed by atoms with van der Waals surface area (Å²) in [4.78, 5) is 28.9. The molecule has 7 nitrogen and oxygen atoms in total. The van der Waals surface area contributed by atoms with Crippen molar-refractivity contribution in [2.24, 2.45) is 11.7 Å². The number of carbonyl (C=O) groups excluding carboxylic acids is 1. The maximum absolute atomic E-state index is 12.9. The number of benzene rings is 1. The van der Waals surface area contributed by atoms with Gasteiger partial charge in [-0.25, -0.2) is 0 Å². The van der Waals surface area contributed by atoms with E-state index in [1.807, 2.05) is 41.0 Å². The standard InChI is InChI=1S/C22H35N3O4/c1-4-6-12-24(13-11-23)20(26)15-25-14-18(21(22(27)28)19(25)5-2)16-7-9-17(29-3)10-8-16/h7-10,18-19,21H,4-6,11-15,23H2,1-3H3,(H,27,28). The van der Waals surface area contributed by atoms with Gasteiger partial charge < -0.3 is 20.5 Å². The molecule has 1 amide bonds. The molecule has 1 saturated heterocycles. The first-order chi connectivity index (χ1) is 14.0. The minimum atomic E-state index is -0.808. The highest BCUT2D eigenvalue weighted by Crippen LogP contribution is 2.39. The zero-order valence-electron chi connectivity index (χ0n) is 17.8. The predicted molar refractivity (Wildman–Crippen MR) is 113 cm³/mol. The Morgan fingerprint density at radius 1 is 1.24 bits per heavy atom. The average molecular weight is 406 g/mol. The van der Waals surface area contributed by atoms with Gasteiger partial charge in [0.15, 0.2) is 0 Å². The maximum Gasteiger partial charge on any atom is 0.308 e. The number of hydrogen-bond donors (Lipinski definition) is 2. The van der Waals surface area contributed by atoms with Crippen molar-refractivity contribution in [2.45, 2.75) is 45.1 Å². The van der Waals surface area contributed by atoms with Crippen molar-refractivity contribution in [3.8, 4) is 5.75 Å². The van der Waals surface area contributed by atoms with E-state index in [1.54, 1.807) is 7.11 Å². The molecule has 29 heavy (non-hydrogen) atoms. The predicted octanol–water partition coefficient (Wildman–Crippen LogP) is 2.16. The number of nitrogens with zero attached hydrogens (tertiary/aromatic N) is 2. The van der Waals surface area contributed by atoms with Crippen molar-refractivity contribution >= 4 is 11.9 Å². The lowest BCUT2D eigenvalue weighted by Crippen LogP contribution is -2.45. The highest BCUT2D eigenvalue weighted by atomic mass is 16.5. The molecule has 1 aromatic carbocycles. The molecular weight excluding hydrogens is 370 g/mol. The zero-order valence-corrected chi connectivity index (χ0v) is 17.8. The van der Waals surface area contributed by atoms with Gasteiger partial charge in [-0.1, -0.05) is 32.4 Å². The van der Waals surface area contributed by atoms with E-state index in [0.717, 1.165) is 24.2 Å². The fourth-order valence-corrected chi connectivity index (χ4v) is 4.33. The van der Waals surface area contributed by atoms with Crippen LogP contribution in [0.5, 0.6) is 5.75 Å². The first-order valence-electron chi connectivity index (χ1n) is 10.5. The van der Waals surface area contributed by atoms with Gasteiger partial charge in [-0.2, -0.15) is 0 Å². The Kier molecular flexibility index (Phi) is 8.92. The van der Waals surface area contributed by atoms with E-state index in [9.17, 15) is 14.7 Å². The molecule has 3 N–H and O–H groups in total. The monoisotopic (exact) mass is 405 g/mol. The van der Waals surface area contributed by atoms with Crippen molar-refractivity contribution in [3.05, 3.63) is 29.8 Å². The first kappa shape index (κ1) is 23.2. The van der Waals surface area contributed by atoms with Crippen molar-refractivity contribution in [2.75, 3.05) is 39.8 Å². The summed E-state index contributed by atoms with van der Waals surface area (Å²) in [6.45, 7) is 6.53. The molecule has 1 fully saturated rings. The summed E-state index contributed by atoms with van der Waals surface area (Å²) in [6, 6.07) is 7.40. The van der Waals surface area contributed by atoms with Crippen LogP contribution < -0.4 is 10.5 Å². The van der Waals surface area contributed by atoms with Gasteiger partial charge in [-0.05, 0) is 30.5 Å². The number of methoxy groups -OCH3 is 1. The topological polar surface area (TPSA) is 96.1 Å². The Morgan fingerprint density at radius 2 is 1.93 bits per heavy atom. The van der Waals surface area contributed by atoms with Gasteiger partial charge in [0, 0.05) is 38.1 Å². The van der Waals surface area contributed by atoms with Crippen LogP contribution in [-0.2, 0) is 9.59 Å². The van der Waals surface area contributed by atoms with Crippen LogP contribution in [0.15, 0.2) is 24.3 Å². The third-order valence-corrected chi connectivity index (χ3v) is 5.87. The van der Waals surface area contributed by atoms with E-state index < -0.39 is 11.9 Å². The Hall–Kier alpha value is -2.12. The first-order valence-corrected chi connectivity index (χ1v) is 10.5. The second kappa shape index (κ2) is 11.2. The van der Waals surface area contributed by atoms with Crippen molar-refractivity contribution in [3.63, 3.8) is 0 Å². The molecule has 3 unspecified atom stereocenters. The van der Waals surface area contributed by atoms with Gasteiger partial charge in [0.25, 0.3) is 0 Å². The summed E-state index contributed by atoms with van der Waals surface area (Å²) in [7, 11) is 1.61. The quantitative estimate of drug-likeness (QED) is 0.586. The molecule has 1 heterocycles. The number of ether oxygens (including phenoxy) is 1. The Labute approximate surface area is 173 Å². The molecule has 0 radical (unpaired) electrons. The fraction of sp³-hybridized carbons (Fsp3) is 0.636. The molecule has 0 saturated carbocycles. The van der Waals surface area contributed by atoms with Crippen LogP contribution in [0, 0.1) is 5.92 Å². The molecule has 7 heteroatoms. The van der Waals surface area contributed by atoms with Gasteiger partial charge >= 0.3 is 5.97 Å². The van der Waals surface area contributed by atoms with Crippen molar-refractivity contribution < 1.29 is 19.4 Å². The summed E-state index contributed by atoms with van der Waals surface area (Å²) >= 11 is 0. The molecule has 0 spiro atoms. The molecule has 0 bridgehead atoms. The lowest BCUT2D eigenvalue weighted by molar-refractivity contribution is -0.143. The van der Waals surface area contributed by atoms with Crippen LogP contribution in [0.1, 0.15) is 44.6 Å². The van der Waals surface area contributed by atoms with Gasteiger partial charge in [0.2, 0.25) is 5.91 Å². The Bertz CT molecular complexity index is 665. The molecule has 162 valence electrons. The number of amides is 1. The molecule has 0 aliphatic carbocycles. The number of aliphatic carboxylic acids is 1. The zero-order chi connectivity index (χ0) is 21.4. The average Bonchev–Trinajstić information content (AvgIpc) is 3.09. The van der Waals surface area contributed by atoms with E-state index in [0.29, 0.717) is 32.6 Å². The van der Waals surface area contributed by atoms with Crippen LogP contribution in [0.4, 0.5) is 0 Å². The van der Waals surface area contributed by atoms with Gasteiger partial charge in [0.1, 0.15) is 5.75 Å². The fourth-order valence-electron chi connectivity index (χ4n) is 4.33. The van der Waals surface area contributed by atoms with Crippen molar-refractivity contribution in [1.82, 2.24) is 9.80 Å². The number of hydrogen-bond acceptors (Lipinski definition) is 5. The number of carboxylic acids is 1. The Balaban J connectivity index is 2.20. The molecule has 0 aromatic heterocycles. The van der Waals surface area contributed by atoms with Crippen LogP contribution in [0.25, 0.3) is 0 Å². The number of nitrogens with two attached hydrogens (primary N) is 1. The molecular formula is C22H35N3O4. The summed E-state index contributed by atoms with van der Waals surface area (Å²) in [5.74, 6) is -0.736. The number of carboxylic acid groups (broad SMARTS) is 1. The molecule has 2 rings (SSSR count). The van der Waals surface area contributed by atoms with Crippen molar-refractivity contribution in [1.29, 1.82) is 0 Å². The van der Waals surface area contributed by atoms with Crippen LogP contribution in [0.2, 0.25) is 0 Å². The third kappa shape index (κ3) is 5.70. The van der Waals surface area contributed by atoms with Gasteiger partial charge in [-0.15, -0.1) is 0 Å². The summed E-state index contributed by atoms with van der Waals surface area (Å²) in [6.07, 6.45) is 2.63. The lowest BCUT2D eigenvalue weighted by atomic mass is 9.84. The molecule has 3 atom stereocenters. The summed E-state index contributed by atoms with van der Waals surface area (Å²) < 4.78 is 5.22. The van der Waals surface area contributed by atoms with E-state index in [-0.39, 0.29) is 24.4 Å². The van der Waals surface area contributed by atoms with Gasteiger partial charge in [0.05, 0.1) is 19.6 Å². The van der Waals surface area contributed by atoms with Crippen LogP contribution in [0.3, 0.4) is 0 Å². The minimum Gasteiger partial charge on any atom is -0.497 e. The van der Waals surface area contributed by atoms with E-state index in [4.69, 9.17) is 10.5 Å². The SMILES string of the molecule is CCCCN(CCN)C(=O)CN1CC(c2ccc(OC)cc2)C(C(=O)O)C1CC. The highest BCUT2D eigenvalue weighted by molar-refractivity contribution is 5.79. The number of rotatable bonds is 11. The smallest absolute Gasteiger partial charge is 0.308 e. The van der Waals surface area contributed by atoms with Gasteiger partial charge in [-0.3, -0.25) is 14.5 Å². The molecule has 1 aliphatic rings. The van der Waals surface area contributed by atoms with Crippen LogP contribution >= 0.6 is 0 Å². The second-order valence-electron chi connectivity index (χ2n) is 7.67. The van der Waals surface area contributed by atoms with E-state index >= 15 is 0 Å². The largest absolute Gasteiger partial charge is 0.497 e. The van der Waals surface area contributed by atoms with E-state index in [1.165, 1.54) is 0 Å². The van der Waals surface area contributed by atoms with Crippen LogP contribution in [-0.4, -0.2) is 72.7 Å². The highest BCUT2D eigenvalue weighted by Gasteiger charge is 2.46. The molecule has 1 aromatic rings. The summed E-state index contributed by atoms with van der Waals surface area (Å²) in [5, 5.41) is 9.95. The maximum atomic E-state index is 12.9. The normalized spacial score (nSPS) is 21.9. The number of carbonyl (C=O) groups is 2. The molecule has 1 aliphatic heterocycles. The second-order valence-corrected chi connectivity index (χ2v) is 7.67.